The molecule has 3 aromatic carbocycles. The van der Waals surface area contributed by atoms with Gasteiger partial charge in [-0.1, -0.05) is 29.8 Å². The van der Waals surface area contributed by atoms with Crippen LogP contribution in [0.2, 0.25) is 0 Å². The van der Waals surface area contributed by atoms with Gasteiger partial charge in [-0.2, -0.15) is 0 Å². The van der Waals surface area contributed by atoms with Gasteiger partial charge in [0.1, 0.15) is 11.4 Å². The molecule has 0 saturated heterocycles. The van der Waals surface area contributed by atoms with Gasteiger partial charge in [0, 0.05) is 11.8 Å². The number of carbonyl (C=O) groups is 2. The molecule has 0 spiro atoms. The molecule has 0 unspecified atom stereocenters. The number of nitrogens with zero attached hydrogens (tertiary/aromatic N) is 1. The number of amides is 2. The molecule has 0 bridgehead atoms. The first-order valence-corrected chi connectivity index (χ1v) is 10.5. The van der Waals surface area contributed by atoms with Crippen molar-refractivity contribution >= 4 is 28.8 Å². The number of rotatable bonds is 6. The highest BCUT2D eigenvalue weighted by atomic mass is 19.2. The van der Waals surface area contributed by atoms with Crippen molar-refractivity contribution < 1.29 is 23.1 Å². The summed E-state index contributed by atoms with van der Waals surface area (Å²) in [6.45, 7) is 6.09. The van der Waals surface area contributed by atoms with Crippen molar-refractivity contribution in [2.75, 3.05) is 16.8 Å². The average Bonchev–Trinajstić information content (AvgIpc) is 3.01. The number of halogens is 2. The van der Waals surface area contributed by atoms with E-state index in [0.717, 1.165) is 28.2 Å². The third-order valence-corrected chi connectivity index (χ3v) is 5.32. The second-order valence-corrected chi connectivity index (χ2v) is 7.70. The predicted octanol–water partition coefficient (Wildman–Crippen LogP) is 5.38. The lowest BCUT2D eigenvalue weighted by Crippen LogP contribution is -2.33. The summed E-state index contributed by atoms with van der Waals surface area (Å²) in [5, 5.41) is 2.84. The second-order valence-electron chi connectivity index (χ2n) is 7.70. The molecule has 7 heteroatoms. The van der Waals surface area contributed by atoms with Gasteiger partial charge in [-0.25, -0.2) is 13.7 Å². The quantitative estimate of drug-likeness (QED) is 0.515. The van der Waals surface area contributed by atoms with E-state index in [2.05, 4.69) is 5.32 Å². The number of anilines is 2. The van der Waals surface area contributed by atoms with Gasteiger partial charge in [0.25, 0.3) is 11.8 Å². The monoisotopic (exact) mass is 448 g/mol. The van der Waals surface area contributed by atoms with Crippen LogP contribution in [0.1, 0.15) is 23.6 Å². The molecule has 1 aliphatic rings. The molecule has 3 aromatic rings. The van der Waals surface area contributed by atoms with Crippen molar-refractivity contribution in [2.45, 2.75) is 20.8 Å². The van der Waals surface area contributed by atoms with Gasteiger partial charge >= 0.3 is 0 Å². The maximum absolute atomic E-state index is 13.8. The van der Waals surface area contributed by atoms with E-state index in [0.29, 0.717) is 23.6 Å². The molecule has 1 N–H and O–H groups in total. The van der Waals surface area contributed by atoms with Crippen molar-refractivity contribution in [1.82, 2.24) is 0 Å². The first kappa shape index (κ1) is 22.2. The Hall–Kier alpha value is -4.00. The summed E-state index contributed by atoms with van der Waals surface area (Å²) in [6, 6.07) is 15.4. The zero-order valence-corrected chi connectivity index (χ0v) is 18.4. The largest absolute Gasteiger partial charge is 0.494 e. The molecule has 0 aromatic heterocycles. The van der Waals surface area contributed by atoms with Crippen molar-refractivity contribution in [1.29, 1.82) is 0 Å². The molecule has 1 aliphatic heterocycles. The Morgan fingerprint density at radius 1 is 0.879 bits per heavy atom. The van der Waals surface area contributed by atoms with Crippen molar-refractivity contribution in [2.24, 2.45) is 0 Å². The van der Waals surface area contributed by atoms with Crippen LogP contribution in [-0.2, 0) is 9.59 Å². The minimum absolute atomic E-state index is 0.0184. The summed E-state index contributed by atoms with van der Waals surface area (Å²) in [4.78, 5) is 28.1. The van der Waals surface area contributed by atoms with Crippen molar-refractivity contribution in [3.63, 3.8) is 0 Å². The van der Waals surface area contributed by atoms with E-state index in [4.69, 9.17) is 4.74 Å². The third-order valence-electron chi connectivity index (χ3n) is 5.32. The van der Waals surface area contributed by atoms with Crippen molar-refractivity contribution in [3.05, 3.63) is 94.7 Å². The zero-order chi connectivity index (χ0) is 23.7. The van der Waals surface area contributed by atoms with Crippen LogP contribution in [0.15, 0.2) is 66.4 Å². The lowest BCUT2D eigenvalue weighted by molar-refractivity contribution is -0.120. The highest BCUT2D eigenvalue weighted by molar-refractivity contribution is 6.46. The van der Waals surface area contributed by atoms with Gasteiger partial charge in [0.2, 0.25) is 0 Å². The molecule has 168 valence electrons. The SMILES string of the molecule is CCOc1ccc(C2=C(Nc3ccc(F)c(F)c3)C(=O)N(c3ccc(C)cc3C)C2=O)cc1. The zero-order valence-electron chi connectivity index (χ0n) is 18.4. The van der Waals surface area contributed by atoms with Crippen LogP contribution in [0.3, 0.4) is 0 Å². The Kier molecular flexibility index (Phi) is 5.96. The number of carbonyl (C=O) groups excluding carboxylic acids is 2. The summed E-state index contributed by atoms with van der Waals surface area (Å²) >= 11 is 0. The Labute approximate surface area is 190 Å². The molecule has 0 radical (unpaired) electrons. The Balaban J connectivity index is 1.82. The van der Waals surface area contributed by atoms with E-state index in [-0.39, 0.29) is 17.0 Å². The molecule has 5 nitrogen and oxygen atoms in total. The number of ether oxygens (including phenoxy) is 1. The molecule has 0 saturated carbocycles. The predicted molar refractivity (Wildman–Crippen MR) is 123 cm³/mol. The van der Waals surface area contributed by atoms with Crippen LogP contribution in [0, 0.1) is 25.5 Å². The number of hydrogen-bond donors (Lipinski definition) is 1. The number of imide groups is 1. The van der Waals surface area contributed by atoms with E-state index < -0.39 is 23.4 Å². The van der Waals surface area contributed by atoms with Crippen LogP contribution in [0.5, 0.6) is 5.75 Å². The Bertz CT molecular complexity index is 1280. The van der Waals surface area contributed by atoms with Crippen LogP contribution in [0.25, 0.3) is 5.57 Å². The molecular weight excluding hydrogens is 426 g/mol. The topological polar surface area (TPSA) is 58.6 Å². The first-order chi connectivity index (χ1) is 15.8. The molecule has 4 rings (SSSR count). The van der Waals surface area contributed by atoms with Crippen LogP contribution < -0.4 is 15.0 Å². The van der Waals surface area contributed by atoms with Gasteiger partial charge in [0.05, 0.1) is 17.9 Å². The van der Waals surface area contributed by atoms with Gasteiger partial charge in [0.15, 0.2) is 11.6 Å². The van der Waals surface area contributed by atoms with E-state index >= 15 is 0 Å². The van der Waals surface area contributed by atoms with Gasteiger partial charge in [-0.05, 0) is 62.2 Å². The molecule has 2 amide bonds. The summed E-state index contributed by atoms with van der Waals surface area (Å²) in [5.41, 5.74) is 2.97. The summed E-state index contributed by atoms with van der Waals surface area (Å²) in [6.07, 6.45) is 0. The third kappa shape index (κ3) is 4.22. The molecule has 0 atom stereocenters. The van der Waals surface area contributed by atoms with E-state index in [1.54, 1.807) is 30.3 Å². The molecule has 1 heterocycles. The van der Waals surface area contributed by atoms with Gasteiger partial charge in [-0.15, -0.1) is 0 Å². The normalized spacial score (nSPS) is 13.7. The Morgan fingerprint density at radius 2 is 1.61 bits per heavy atom. The molecule has 0 aliphatic carbocycles. The minimum Gasteiger partial charge on any atom is -0.494 e. The van der Waals surface area contributed by atoms with Crippen molar-refractivity contribution in [3.8, 4) is 5.75 Å². The second kappa shape index (κ2) is 8.86. The van der Waals surface area contributed by atoms with E-state index in [1.807, 2.05) is 32.9 Å². The number of nitrogens with one attached hydrogen (secondary N) is 1. The van der Waals surface area contributed by atoms with E-state index in [9.17, 15) is 18.4 Å². The highest BCUT2D eigenvalue weighted by Crippen LogP contribution is 2.36. The number of benzene rings is 3. The maximum Gasteiger partial charge on any atom is 0.282 e. The molecule has 0 fully saturated rings. The van der Waals surface area contributed by atoms with Gasteiger partial charge < -0.3 is 10.1 Å². The first-order valence-electron chi connectivity index (χ1n) is 10.5. The fourth-order valence-electron chi connectivity index (χ4n) is 3.79. The average molecular weight is 448 g/mol. The fraction of sp³-hybridized carbons (Fsp3) is 0.154. The maximum atomic E-state index is 13.8. The number of aryl methyl sites for hydroxylation is 2. The number of hydrogen-bond acceptors (Lipinski definition) is 4. The van der Waals surface area contributed by atoms with Crippen LogP contribution in [0.4, 0.5) is 20.2 Å². The lowest BCUT2D eigenvalue weighted by atomic mass is 10.0. The molecular formula is C26H22F2N2O3. The lowest BCUT2D eigenvalue weighted by Gasteiger charge is -2.18. The highest BCUT2D eigenvalue weighted by Gasteiger charge is 2.40. The minimum atomic E-state index is -1.06. The summed E-state index contributed by atoms with van der Waals surface area (Å²) < 4.78 is 32.7. The van der Waals surface area contributed by atoms with Gasteiger partial charge in [-0.3, -0.25) is 9.59 Å². The smallest absolute Gasteiger partial charge is 0.282 e. The van der Waals surface area contributed by atoms with Crippen LogP contribution >= 0.6 is 0 Å². The van der Waals surface area contributed by atoms with E-state index in [1.165, 1.54) is 6.07 Å². The summed E-state index contributed by atoms with van der Waals surface area (Å²) in [7, 11) is 0. The molecule has 33 heavy (non-hydrogen) atoms. The standard InChI is InChI=1S/C26H22F2N2O3/c1-4-33-19-9-6-17(7-10-19)23-24(29-18-8-11-20(27)21(28)14-18)26(32)30(25(23)31)22-12-5-15(2)13-16(22)3/h5-14,29H,4H2,1-3H3. The Morgan fingerprint density at radius 3 is 2.24 bits per heavy atom. The van der Waals surface area contributed by atoms with Crippen LogP contribution in [-0.4, -0.2) is 18.4 Å². The summed E-state index contributed by atoms with van der Waals surface area (Å²) in [5.74, 6) is -2.54. The fourth-order valence-corrected chi connectivity index (χ4v) is 3.79.